The van der Waals surface area contributed by atoms with Crippen LogP contribution in [0.3, 0.4) is 0 Å². The molecule has 1 aliphatic heterocycles. The lowest BCUT2D eigenvalue weighted by molar-refractivity contribution is -0.384. The largest absolute Gasteiger partial charge is 0.507 e. The van der Waals surface area contributed by atoms with Crippen molar-refractivity contribution >= 4 is 29.0 Å². The van der Waals surface area contributed by atoms with Gasteiger partial charge in [-0.05, 0) is 36.8 Å². The standard InChI is InChI=1S/C23H17N3O5/c1-14-5-7-16(8-6-14)21(27)19-20(15-9-11-17(12-10-15)26(30)31)25(23(29)22(19)28)18-4-2-3-13-24-18/h2-13,20,27H,1H3. The number of anilines is 1. The van der Waals surface area contributed by atoms with Crippen molar-refractivity contribution in [3.05, 3.63) is 105 Å². The van der Waals surface area contributed by atoms with E-state index in [1.54, 1.807) is 42.5 Å². The highest BCUT2D eigenvalue weighted by Gasteiger charge is 2.47. The van der Waals surface area contributed by atoms with E-state index < -0.39 is 22.7 Å². The Hall–Kier alpha value is -4.33. The summed E-state index contributed by atoms with van der Waals surface area (Å²) < 4.78 is 0. The van der Waals surface area contributed by atoms with Crippen LogP contribution < -0.4 is 4.90 Å². The molecule has 154 valence electrons. The molecule has 0 saturated carbocycles. The van der Waals surface area contributed by atoms with Gasteiger partial charge >= 0.3 is 5.91 Å². The maximum atomic E-state index is 13.0. The maximum Gasteiger partial charge on any atom is 0.301 e. The number of pyridine rings is 1. The molecule has 1 N–H and O–H groups in total. The van der Waals surface area contributed by atoms with E-state index >= 15 is 0 Å². The first-order valence-electron chi connectivity index (χ1n) is 9.42. The van der Waals surface area contributed by atoms with Crippen molar-refractivity contribution in [1.29, 1.82) is 0 Å². The SMILES string of the molecule is Cc1ccc(C(O)=C2C(=O)C(=O)N(c3ccccn3)C2c2ccc([N+](=O)[O-])cc2)cc1. The van der Waals surface area contributed by atoms with Crippen molar-refractivity contribution in [2.45, 2.75) is 13.0 Å². The van der Waals surface area contributed by atoms with E-state index in [0.29, 0.717) is 11.1 Å². The average molecular weight is 415 g/mol. The molecule has 1 atom stereocenters. The van der Waals surface area contributed by atoms with Gasteiger partial charge in [-0.15, -0.1) is 0 Å². The predicted molar refractivity (Wildman–Crippen MR) is 113 cm³/mol. The molecule has 0 aliphatic carbocycles. The molecule has 1 amide bonds. The Labute approximate surface area is 177 Å². The lowest BCUT2D eigenvalue weighted by Gasteiger charge is -2.24. The van der Waals surface area contributed by atoms with Crippen molar-refractivity contribution in [2.24, 2.45) is 0 Å². The summed E-state index contributed by atoms with van der Waals surface area (Å²) in [6.45, 7) is 1.89. The number of nitro benzene ring substituents is 1. The van der Waals surface area contributed by atoms with Gasteiger partial charge in [-0.3, -0.25) is 24.6 Å². The van der Waals surface area contributed by atoms with Crippen molar-refractivity contribution in [1.82, 2.24) is 4.98 Å². The zero-order valence-corrected chi connectivity index (χ0v) is 16.4. The quantitative estimate of drug-likeness (QED) is 0.227. The number of hydrogen-bond acceptors (Lipinski definition) is 6. The molecule has 8 nitrogen and oxygen atoms in total. The molecule has 0 radical (unpaired) electrons. The number of rotatable bonds is 4. The number of non-ortho nitro benzene ring substituents is 1. The lowest BCUT2D eigenvalue weighted by atomic mass is 9.95. The lowest BCUT2D eigenvalue weighted by Crippen LogP contribution is -2.30. The molecule has 8 heteroatoms. The van der Waals surface area contributed by atoms with Crippen LogP contribution in [0.1, 0.15) is 22.7 Å². The summed E-state index contributed by atoms with van der Waals surface area (Å²) in [7, 11) is 0. The number of benzene rings is 2. The number of aromatic nitrogens is 1. The Morgan fingerprint density at radius 1 is 1.03 bits per heavy atom. The summed E-state index contributed by atoms with van der Waals surface area (Å²) in [5, 5.41) is 22.0. The monoisotopic (exact) mass is 415 g/mol. The molecule has 3 aromatic rings. The highest BCUT2D eigenvalue weighted by Crippen LogP contribution is 2.41. The van der Waals surface area contributed by atoms with E-state index in [1.165, 1.54) is 35.4 Å². The van der Waals surface area contributed by atoms with Crippen LogP contribution in [0.25, 0.3) is 5.76 Å². The minimum Gasteiger partial charge on any atom is -0.507 e. The number of aliphatic hydroxyl groups is 1. The fourth-order valence-electron chi connectivity index (χ4n) is 3.53. The predicted octanol–water partition coefficient (Wildman–Crippen LogP) is 3.92. The van der Waals surface area contributed by atoms with E-state index in [0.717, 1.165) is 5.56 Å². The van der Waals surface area contributed by atoms with E-state index in [2.05, 4.69) is 4.98 Å². The number of carbonyl (C=O) groups excluding carboxylic acids is 2. The van der Waals surface area contributed by atoms with E-state index in [4.69, 9.17) is 0 Å². The fourth-order valence-corrected chi connectivity index (χ4v) is 3.53. The number of aliphatic hydroxyl groups excluding tert-OH is 1. The number of hydrogen-bond donors (Lipinski definition) is 1. The Kier molecular flexibility index (Phi) is 5.04. The van der Waals surface area contributed by atoms with E-state index in [-0.39, 0.29) is 22.8 Å². The van der Waals surface area contributed by atoms with Gasteiger partial charge in [-0.2, -0.15) is 0 Å². The van der Waals surface area contributed by atoms with Crippen molar-refractivity contribution in [2.75, 3.05) is 4.90 Å². The third-order valence-electron chi connectivity index (χ3n) is 5.09. The number of nitro groups is 1. The van der Waals surface area contributed by atoms with Crippen LogP contribution in [0, 0.1) is 17.0 Å². The molecular formula is C23H17N3O5. The number of Topliss-reactive ketones (excluding diaryl/α,β-unsaturated/α-hetero) is 1. The van der Waals surface area contributed by atoms with Crippen LogP contribution in [-0.4, -0.2) is 26.7 Å². The van der Waals surface area contributed by atoms with Crippen molar-refractivity contribution < 1.29 is 19.6 Å². The number of carbonyl (C=O) groups is 2. The van der Waals surface area contributed by atoms with Gasteiger partial charge in [0.05, 0.1) is 16.5 Å². The molecule has 1 aromatic heterocycles. The summed E-state index contributed by atoms with van der Waals surface area (Å²) >= 11 is 0. The third-order valence-corrected chi connectivity index (χ3v) is 5.09. The second-order valence-electron chi connectivity index (χ2n) is 7.07. The van der Waals surface area contributed by atoms with E-state index in [1.807, 2.05) is 6.92 Å². The zero-order chi connectivity index (χ0) is 22.1. The molecule has 0 bridgehead atoms. The van der Waals surface area contributed by atoms with Crippen LogP contribution in [0.15, 0.2) is 78.5 Å². The average Bonchev–Trinajstić information content (AvgIpc) is 3.05. The molecule has 1 unspecified atom stereocenters. The summed E-state index contributed by atoms with van der Waals surface area (Å²) in [4.78, 5) is 41.8. The smallest absolute Gasteiger partial charge is 0.301 e. The third kappa shape index (κ3) is 3.55. The van der Waals surface area contributed by atoms with Gasteiger partial charge in [-0.25, -0.2) is 4.98 Å². The normalized spacial score (nSPS) is 17.7. The summed E-state index contributed by atoms with van der Waals surface area (Å²) in [5.74, 6) is -1.78. The van der Waals surface area contributed by atoms with Crippen LogP contribution in [0.4, 0.5) is 11.5 Å². The Balaban J connectivity index is 1.92. The van der Waals surface area contributed by atoms with Crippen LogP contribution in [0.2, 0.25) is 0 Å². The minimum absolute atomic E-state index is 0.103. The summed E-state index contributed by atoms with van der Waals surface area (Å²) in [5.41, 5.74) is 1.56. The summed E-state index contributed by atoms with van der Waals surface area (Å²) in [6.07, 6.45) is 1.49. The number of aryl methyl sites for hydroxylation is 1. The van der Waals surface area contributed by atoms with Crippen LogP contribution in [0.5, 0.6) is 0 Å². The van der Waals surface area contributed by atoms with Gasteiger partial charge < -0.3 is 5.11 Å². The van der Waals surface area contributed by atoms with Gasteiger partial charge in [-0.1, -0.05) is 35.9 Å². The molecular weight excluding hydrogens is 398 g/mol. The molecule has 1 fully saturated rings. The second kappa shape index (κ2) is 7.83. The highest BCUT2D eigenvalue weighted by atomic mass is 16.6. The van der Waals surface area contributed by atoms with Gasteiger partial charge in [0, 0.05) is 23.9 Å². The molecule has 2 heterocycles. The Morgan fingerprint density at radius 3 is 2.29 bits per heavy atom. The van der Waals surface area contributed by atoms with Crippen LogP contribution >= 0.6 is 0 Å². The Morgan fingerprint density at radius 2 is 1.71 bits per heavy atom. The van der Waals surface area contributed by atoms with Gasteiger partial charge in [0.2, 0.25) is 0 Å². The molecule has 31 heavy (non-hydrogen) atoms. The van der Waals surface area contributed by atoms with E-state index in [9.17, 15) is 24.8 Å². The molecule has 0 spiro atoms. The molecule has 1 aliphatic rings. The fraction of sp³-hybridized carbons (Fsp3) is 0.0870. The highest BCUT2D eigenvalue weighted by molar-refractivity contribution is 6.51. The topological polar surface area (TPSA) is 114 Å². The van der Waals surface area contributed by atoms with Gasteiger partial charge in [0.15, 0.2) is 0 Å². The molecule has 4 rings (SSSR count). The molecule has 2 aromatic carbocycles. The number of ketones is 1. The van der Waals surface area contributed by atoms with Crippen molar-refractivity contribution in [3.8, 4) is 0 Å². The minimum atomic E-state index is -0.989. The van der Waals surface area contributed by atoms with Gasteiger partial charge in [0.25, 0.3) is 11.5 Å². The zero-order valence-electron chi connectivity index (χ0n) is 16.4. The first kappa shape index (κ1) is 20.0. The molecule has 1 saturated heterocycles. The van der Waals surface area contributed by atoms with Crippen molar-refractivity contribution in [3.63, 3.8) is 0 Å². The Bertz CT molecular complexity index is 1200. The number of nitrogens with zero attached hydrogens (tertiary/aromatic N) is 3. The van der Waals surface area contributed by atoms with Crippen LogP contribution in [-0.2, 0) is 9.59 Å². The second-order valence-corrected chi connectivity index (χ2v) is 7.07. The van der Waals surface area contributed by atoms with Gasteiger partial charge in [0.1, 0.15) is 11.6 Å². The number of amides is 1. The first-order valence-corrected chi connectivity index (χ1v) is 9.42. The summed E-state index contributed by atoms with van der Waals surface area (Å²) in [6, 6.07) is 16.3. The first-order chi connectivity index (χ1) is 14.9. The maximum absolute atomic E-state index is 13.0.